The largest absolute Gasteiger partial charge is 0.497 e. The Morgan fingerprint density at radius 3 is 2.33 bits per heavy atom. The van der Waals surface area contributed by atoms with Crippen LogP contribution >= 0.6 is 11.6 Å². The molecule has 3 aromatic rings. The zero-order valence-electron chi connectivity index (χ0n) is 20.5. The Balaban J connectivity index is 1.66. The van der Waals surface area contributed by atoms with Gasteiger partial charge in [0.1, 0.15) is 18.0 Å². The first-order valence-electron chi connectivity index (χ1n) is 11.6. The minimum Gasteiger partial charge on any atom is -0.497 e. The van der Waals surface area contributed by atoms with E-state index in [1.807, 2.05) is 30.5 Å². The van der Waals surface area contributed by atoms with E-state index in [1.165, 1.54) is 0 Å². The number of nitrogens with zero attached hydrogens (tertiary/aromatic N) is 3. The average Bonchev–Trinajstić information content (AvgIpc) is 3.66. The lowest BCUT2D eigenvalue weighted by molar-refractivity contribution is -0.136. The molecular formula is C26H29ClN4O5. The third-order valence-electron chi connectivity index (χ3n) is 5.85. The Hall–Kier alpha value is -3.56. The molecule has 1 fully saturated rings. The second-order valence-electron chi connectivity index (χ2n) is 8.47. The summed E-state index contributed by atoms with van der Waals surface area (Å²) in [6.07, 6.45) is 3.53. The standard InChI is InChI=1S/C26H29ClN4O5/c1-34-11-10-30(25(33)18-4-5-18)16-24(32)29-26-28-23(17-6-8-19(27)9-7-17)15-31(26)20-12-21(35-2)14-22(13-20)36-3/h6-9,12-15,18H,4-5,10-11,16H2,1-3H3,(H,28,29,32). The van der Waals surface area contributed by atoms with E-state index < -0.39 is 0 Å². The maximum Gasteiger partial charge on any atom is 0.246 e. The fourth-order valence-electron chi connectivity index (χ4n) is 3.75. The normalized spacial score (nSPS) is 12.8. The molecule has 36 heavy (non-hydrogen) atoms. The molecule has 190 valence electrons. The number of rotatable bonds is 11. The number of carbonyl (C=O) groups excluding carboxylic acids is 2. The SMILES string of the molecule is COCCN(CC(=O)Nc1nc(-c2ccc(Cl)cc2)cn1-c1cc(OC)cc(OC)c1)C(=O)C1CC1. The molecule has 1 N–H and O–H groups in total. The molecule has 4 rings (SSSR count). The molecule has 0 unspecified atom stereocenters. The highest BCUT2D eigenvalue weighted by atomic mass is 35.5. The number of methoxy groups -OCH3 is 3. The maximum absolute atomic E-state index is 13.1. The molecular weight excluding hydrogens is 484 g/mol. The summed E-state index contributed by atoms with van der Waals surface area (Å²) in [7, 11) is 4.71. The number of carbonyl (C=O) groups is 2. The van der Waals surface area contributed by atoms with Gasteiger partial charge in [0.15, 0.2) is 0 Å². The minimum absolute atomic E-state index is 0.00241. The lowest BCUT2D eigenvalue weighted by atomic mass is 10.2. The van der Waals surface area contributed by atoms with Crippen molar-refractivity contribution in [1.29, 1.82) is 0 Å². The van der Waals surface area contributed by atoms with E-state index in [-0.39, 0.29) is 24.3 Å². The van der Waals surface area contributed by atoms with Crippen molar-refractivity contribution >= 4 is 29.4 Å². The lowest BCUT2D eigenvalue weighted by Gasteiger charge is -2.22. The van der Waals surface area contributed by atoms with Crippen LogP contribution in [0.15, 0.2) is 48.7 Å². The molecule has 0 aliphatic heterocycles. The average molecular weight is 513 g/mol. The summed E-state index contributed by atoms with van der Waals surface area (Å²) in [4.78, 5) is 32.0. The maximum atomic E-state index is 13.1. The molecule has 9 nitrogen and oxygen atoms in total. The Morgan fingerprint density at radius 1 is 1.08 bits per heavy atom. The van der Waals surface area contributed by atoms with Gasteiger partial charge in [0, 0.05) is 54.6 Å². The van der Waals surface area contributed by atoms with Crippen LogP contribution in [0.5, 0.6) is 11.5 Å². The molecule has 1 aromatic heterocycles. The number of hydrogen-bond donors (Lipinski definition) is 1. The van der Waals surface area contributed by atoms with Crippen molar-refractivity contribution < 1.29 is 23.8 Å². The summed E-state index contributed by atoms with van der Waals surface area (Å²) in [5.74, 6) is 1.09. The summed E-state index contributed by atoms with van der Waals surface area (Å²) in [5.41, 5.74) is 2.14. The van der Waals surface area contributed by atoms with E-state index in [1.54, 1.807) is 49.0 Å². The Kier molecular flexibility index (Phi) is 8.12. The van der Waals surface area contributed by atoms with Gasteiger partial charge in [-0.05, 0) is 25.0 Å². The van der Waals surface area contributed by atoms with Gasteiger partial charge in [-0.1, -0.05) is 23.7 Å². The highest BCUT2D eigenvalue weighted by Gasteiger charge is 2.34. The Bertz CT molecular complexity index is 1200. The number of benzene rings is 2. The highest BCUT2D eigenvalue weighted by Crippen LogP contribution is 2.32. The third kappa shape index (κ3) is 6.16. The van der Waals surface area contributed by atoms with E-state index in [4.69, 9.17) is 25.8 Å². The van der Waals surface area contributed by atoms with E-state index in [0.29, 0.717) is 47.0 Å². The fraction of sp³-hybridized carbons (Fsp3) is 0.346. The highest BCUT2D eigenvalue weighted by molar-refractivity contribution is 6.30. The number of nitrogens with one attached hydrogen (secondary N) is 1. The smallest absolute Gasteiger partial charge is 0.246 e. The van der Waals surface area contributed by atoms with Crippen LogP contribution in [0.1, 0.15) is 12.8 Å². The summed E-state index contributed by atoms with van der Waals surface area (Å²) in [5, 5.41) is 3.49. The van der Waals surface area contributed by atoms with Crippen molar-refractivity contribution in [3.8, 4) is 28.4 Å². The van der Waals surface area contributed by atoms with Gasteiger partial charge in [-0.25, -0.2) is 4.98 Å². The number of imidazole rings is 1. The number of halogens is 1. The third-order valence-corrected chi connectivity index (χ3v) is 6.10. The molecule has 0 atom stereocenters. The molecule has 1 aliphatic rings. The number of ether oxygens (including phenoxy) is 3. The quantitative estimate of drug-likeness (QED) is 0.417. The van der Waals surface area contributed by atoms with Gasteiger partial charge in [0.25, 0.3) is 0 Å². The molecule has 2 amide bonds. The molecule has 1 aliphatic carbocycles. The van der Waals surface area contributed by atoms with Crippen LogP contribution in [0.3, 0.4) is 0 Å². The number of aromatic nitrogens is 2. The van der Waals surface area contributed by atoms with Crippen molar-refractivity contribution in [2.45, 2.75) is 12.8 Å². The van der Waals surface area contributed by atoms with Gasteiger partial charge < -0.3 is 19.1 Å². The molecule has 1 heterocycles. The molecule has 0 bridgehead atoms. The van der Waals surface area contributed by atoms with Crippen molar-refractivity contribution in [2.24, 2.45) is 5.92 Å². The van der Waals surface area contributed by atoms with Crippen molar-refractivity contribution in [1.82, 2.24) is 14.5 Å². The van der Waals surface area contributed by atoms with E-state index in [9.17, 15) is 9.59 Å². The summed E-state index contributed by atoms with van der Waals surface area (Å²) in [6.45, 7) is 0.602. The summed E-state index contributed by atoms with van der Waals surface area (Å²) in [6, 6.07) is 12.6. The molecule has 10 heteroatoms. The second-order valence-corrected chi connectivity index (χ2v) is 8.91. The van der Waals surface area contributed by atoms with Crippen molar-refractivity contribution in [3.63, 3.8) is 0 Å². The van der Waals surface area contributed by atoms with E-state index in [2.05, 4.69) is 10.3 Å². The molecule has 2 aromatic carbocycles. The summed E-state index contributed by atoms with van der Waals surface area (Å²) < 4.78 is 17.7. The van der Waals surface area contributed by atoms with E-state index >= 15 is 0 Å². The van der Waals surface area contributed by atoms with Gasteiger partial charge >= 0.3 is 0 Å². The first-order chi connectivity index (χ1) is 17.4. The number of hydrogen-bond acceptors (Lipinski definition) is 6. The van der Waals surface area contributed by atoms with E-state index in [0.717, 1.165) is 18.4 Å². The zero-order valence-corrected chi connectivity index (χ0v) is 21.2. The summed E-state index contributed by atoms with van der Waals surface area (Å²) >= 11 is 6.05. The lowest BCUT2D eigenvalue weighted by Crippen LogP contribution is -2.41. The Morgan fingerprint density at radius 2 is 1.75 bits per heavy atom. The van der Waals surface area contributed by atoms with Crippen LogP contribution in [-0.2, 0) is 14.3 Å². The van der Waals surface area contributed by atoms with Crippen LogP contribution in [-0.4, -0.2) is 67.3 Å². The van der Waals surface area contributed by atoms with Gasteiger partial charge in [0.05, 0.1) is 32.2 Å². The molecule has 0 saturated heterocycles. The Labute approximate surface area is 214 Å². The van der Waals surface area contributed by atoms with Crippen LogP contribution in [0.2, 0.25) is 5.02 Å². The van der Waals surface area contributed by atoms with Crippen molar-refractivity contribution in [2.75, 3.05) is 46.3 Å². The molecule has 0 spiro atoms. The van der Waals surface area contributed by atoms with Gasteiger partial charge in [-0.15, -0.1) is 0 Å². The second kappa shape index (κ2) is 11.5. The monoisotopic (exact) mass is 512 g/mol. The zero-order chi connectivity index (χ0) is 25.7. The molecule has 0 radical (unpaired) electrons. The minimum atomic E-state index is -0.357. The van der Waals surface area contributed by atoms with Crippen LogP contribution < -0.4 is 14.8 Å². The predicted octanol–water partition coefficient (Wildman–Crippen LogP) is 4.03. The first kappa shape index (κ1) is 25.5. The topological polar surface area (TPSA) is 94.9 Å². The first-order valence-corrected chi connectivity index (χ1v) is 12.0. The van der Waals surface area contributed by atoms with Crippen molar-refractivity contribution in [3.05, 3.63) is 53.7 Å². The fourth-order valence-corrected chi connectivity index (χ4v) is 3.88. The van der Waals surface area contributed by atoms with Gasteiger partial charge in [0.2, 0.25) is 17.8 Å². The van der Waals surface area contributed by atoms with Crippen LogP contribution in [0.25, 0.3) is 16.9 Å². The van der Waals surface area contributed by atoms with Gasteiger partial charge in [-0.2, -0.15) is 0 Å². The number of anilines is 1. The molecule has 1 saturated carbocycles. The number of amides is 2. The van der Waals surface area contributed by atoms with Crippen LogP contribution in [0.4, 0.5) is 5.95 Å². The van der Waals surface area contributed by atoms with Gasteiger partial charge in [-0.3, -0.25) is 19.5 Å². The van der Waals surface area contributed by atoms with Crippen LogP contribution in [0, 0.1) is 5.92 Å². The predicted molar refractivity (Wildman–Crippen MR) is 137 cm³/mol.